The van der Waals surface area contributed by atoms with Gasteiger partial charge in [0, 0.05) is 17.5 Å². The average molecular weight is 318 g/mol. The van der Waals surface area contributed by atoms with Crippen molar-refractivity contribution in [3.8, 4) is 5.75 Å². The minimum atomic E-state index is 0.0848. The average Bonchev–Trinajstić information content (AvgIpc) is 2.90. The van der Waals surface area contributed by atoms with Crippen molar-refractivity contribution in [1.29, 1.82) is 0 Å². The standard InChI is InChI=1S/C17H22N2O2S/c1-13-6-5-7-15(10-13)21-9-4-3-8-17(20)19-12-16-11-18-14(2)22-16/h5-7,10-11H,3-4,8-9,12H2,1-2H3,(H,19,20). The smallest absolute Gasteiger partial charge is 0.220 e. The van der Waals surface area contributed by atoms with Crippen molar-refractivity contribution in [3.05, 3.63) is 45.9 Å². The van der Waals surface area contributed by atoms with Gasteiger partial charge in [0.15, 0.2) is 0 Å². The van der Waals surface area contributed by atoms with Crippen LogP contribution in [0.1, 0.15) is 34.7 Å². The van der Waals surface area contributed by atoms with Gasteiger partial charge in [0.2, 0.25) is 5.91 Å². The Morgan fingerprint density at radius 3 is 2.91 bits per heavy atom. The predicted octanol–water partition coefficient (Wildman–Crippen LogP) is 3.63. The zero-order chi connectivity index (χ0) is 15.8. The molecule has 0 aliphatic rings. The highest BCUT2D eigenvalue weighted by molar-refractivity contribution is 7.11. The highest BCUT2D eigenvalue weighted by Crippen LogP contribution is 2.13. The number of hydrogen-bond acceptors (Lipinski definition) is 4. The fraction of sp³-hybridized carbons (Fsp3) is 0.412. The van der Waals surface area contributed by atoms with Gasteiger partial charge in [-0.2, -0.15) is 0 Å². The molecule has 0 atom stereocenters. The zero-order valence-corrected chi connectivity index (χ0v) is 13.9. The van der Waals surface area contributed by atoms with E-state index in [0.717, 1.165) is 28.5 Å². The molecular formula is C17H22N2O2S. The second kappa shape index (κ2) is 8.54. The van der Waals surface area contributed by atoms with Crippen molar-refractivity contribution in [1.82, 2.24) is 10.3 Å². The van der Waals surface area contributed by atoms with Crippen LogP contribution in [0.2, 0.25) is 0 Å². The molecule has 1 aromatic carbocycles. The Hall–Kier alpha value is -1.88. The van der Waals surface area contributed by atoms with Gasteiger partial charge in [0.05, 0.1) is 18.2 Å². The van der Waals surface area contributed by atoms with E-state index in [1.165, 1.54) is 5.56 Å². The number of benzene rings is 1. The highest BCUT2D eigenvalue weighted by atomic mass is 32.1. The first-order valence-electron chi connectivity index (χ1n) is 7.51. The second-order valence-electron chi connectivity index (χ2n) is 5.24. The maximum absolute atomic E-state index is 11.7. The number of rotatable bonds is 8. The molecule has 1 aromatic heterocycles. The quantitative estimate of drug-likeness (QED) is 0.756. The van der Waals surface area contributed by atoms with Crippen LogP contribution in [0, 0.1) is 13.8 Å². The van der Waals surface area contributed by atoms with Crippen LogP contribution >= 0.6 is 11.3 Å². The maximum Gasteiger partial charge on any atom is 0.220 e. The van der Waals surface area contributed by atoms with Crippen LogP contribution in [0.3, 0.4) is 0 Å². The molecule has 1 amide bonds. The molecule has 1 N–H and O–H groups in total. The van der Waals surface area contributed by atoms with Crippen molar-refractivity contribution < 1.29 is 9.53 Å². The van der Waals surface area contributed by atoms with Crippen LogP contribution in [-0.4, -0.2) is 17.5 Å². The van der Waals surface area contributed by atoms with Crippen molar-refractivity contribution >= 4 is 17.2 Å². The fourth-order valence-electron chi connectivity index (χ4n) is 2.04. The maximum atomic E-state index is 11.7. The molecule has 0 radical (unpaired) electrons. The summed E-state index contributed by atoms with van der Waals surface area (Å²) in [6.07, 6.45) is 4.06. The Balaban J connectivity index is 1.55. The summed E-state index contributed by atoms with van der Waals surface area (Å²) in [5, 5.41) is 3.94. The Kier molecular flexibility index (Phi) is 6.40. The predicted molar refractivity (Wildman–Crippen MR) is 89.2 cm³/mol. The molecule has 0 aliphatic carbocycles. The second-order valence-corrected chi connectivity index (χ2v) is 6.56. The van der Waals surface area contributed by atoms with E-state index in [9.17, 15) is 4.79 Å². The monoisotopic (exact) mass is 318 g/mol. The first-order valence-corrected chi connectivity index (χ1v) is 8.32. The zero-order valence-electron chi connectivity index (χ0n) is 13.1. The lowest BCUT2D eigenvalue weighted by Gasteiger charge is -2.07. The number of amides is 1. The molecule has 1 heterocycles. The molecular weight excluding hydrogens is 296 g/mol. The summed E-state index contributed by atoms with van der Waals surface area (Å²) in [5.41, 5.74) is 1.19. The van der Waals surface area contributed by atoms with E-state index >= 15 is 0 Å². The number of unbranched alkanes of at least 4 members (excludes halogenated alkanes) is 1. The number of carbonyl (C=O) groups excluding carboxylic acids is 1. The SMILES string of the molecule is Cc1cccc(OCCCCC(=O)NCc2cnc(C)s2)c1. The van der Waals surface area contributed by atoms with Gasteiger partial charge in [0.25, 0.3) is 0 Å². The lowest BCUT2D eigenvalue weighted by Crippen LogP contribution is -2.22. The van der Waals surface area contributed by atoms with Gasteiger partial charge in [-0.05, 0) is 44.4 Å². The molecule has 0 bridgehead atoms. The van der Waals surface area contributed by atoms with E-state index < -0.39 is 0 Å². The van der Waals surface area contributed by atoms with Crippen molar-refractivity contribution in [2.75, 3.05) is 6.61 Å². The lowest BCUT2D eigenvalue weighted by atomic mass is 10.2. The van der Waals surface area contributed by atoms with E-state index in [-0.39, 0.29) is 5.91 Å². The van der Waals surface area contributed by atoms with Gasteiger partial charge in [-0.25, -0.2) is 4.98 Å². The number of nitrogens with zero attached hydrogens (tertiary/aromatic N) is 1. The summed E-state index contributed by atoms with van der Waals surface area (Å²) in [4.78, 5) is 17.0. The number of aromatic nitrogens is 1. The number of ether oxygens (including phenoxy) is 1. The summed E-state index contributed by atoms with van der Waals surface area (Å²) < 4.78 is 5.66. The van der Waals surface area contributed by atoms with Crippen LogP contribution in [0.25, 0.3) is 0 Å². The van der Waals surface area contributed by atoms with Crippen LogP contribution in [-0.2, 0) is 11.3 Å². The van der Waals surface area contributed by atoms with Gasteiger partial charge in [-0.1, -0.05) is 12.1 Å². The highest BCUT2D eigenvalue weighted by Gasteiger charge is 2.03. The van der Waals surface area contributed by atoms with Gasteiger partial charge < -0.3 is 10.1 Å². The largest absolute Gasteiger partial charge is 0.494 e. The summed E-state index contributed by atoms with van der Waals surface area (Å²) in [6.45, 7) is 5.22. The van der Waals surface area contributed by atoms with Gasteiger partial charge in [0.1, 0.15) is 5.75 Å². The van der Waals surface area contributed by atoms with E-state index in [0.29, 0.717) is 19.6 Å². The number of aryl methyl sites for hydroxylation is 2. The molecule has 0 fully saturated rings. The van der Waals surface area contributed by atoms with Crippen LogP contribution in [0.15, 0.2) is 30.5 Å². The number of thiazole rings is 1. The van der Waals surface area contributed by atoms with Crippen LogP contribution < -0.4 is 10.1 Å². The molecule has 0 unspecified atom stereocenters. The summed E-state index contributed by atoms with van der Waals surface area (Å²) in [7, 11) is 0. The summed E-state index contributed by atoms with van der Waals surface area (Å²) >= 11 is 1.61. The van der Waals surface area contributed by atoms with Gasteiger partial charge >= 0.3 is 0 Å². The number of hydrogen-bond donors (Lipinski definition) is 1. The Labute approximate surface area is 135 Å². The normalized spacial score (nSPS) is 10.5. The molecule has 0 saturated heterocycles. The molecule has 2 rings (SSSR count). The summed E-state index contributed by atoms with van der Waals surface area (Å²) in [5.74, 6) is 0.978. The topological polar surface area (TPSA) is 51.2 Å². The third-order valence-electron chi connectivity index (χ3n) is 3.19. The van der Waals surface area contributed by atoms with Gasteiger partial charge in [-0.15, -0.1) is 11.3 Å². The van der Waals surface area contributed by atoms with E-state index in [1.807, 2.05) is 44.3 Å². The first-order chi connectivity index (χ1) is 10.6. The minimum Gasteiger partial charge on any atom is -0.494 e. The third-order valence-corrected chi connectivity index (χ3v) is 4.10. The number of carbonyl (C=O) groups is 1. The van der Waals surface area contributed by atoms with Crippen molar-refractivity contribution in [2.24, 2.45) is 0 Å². The Bertz CT molecular complexity index is 610. The first kappa shape index (κ1) is 16.5. The van der Waals surface area contributed by atoms with E-state index in [2.05, 4.69) is 10.3 Å². The molecule has 0 spiro atoms. The molecule has 2 aromatic rings. The van der Waals surface area contributed by atoms with Crippen molar-refractivity contribution in [2.45, 2.75) is 39.7 Å². The third kappa shape index (κ3) is 5.85. The molecule has 118 valence electrons. The van der Waals surface area contributed by atoms with Gasteiger partial charge in [-0.3, -0.25) is 4.79 Å². The Morgan fingerprint density at radius 2 is 2.18 bits per heavy atom. The van der Waals surface area contributed by atoms with Crippen molar-refractivity contribution in [3.63, 3.8) is 0 Å². The molecule has 22 heavy (non-hydrogen) atoms. The number of nitrogens with one attached hydrogen (secondary N) is 1. The minimum absolute atomic E-state index is 0.0848. The molecule has 0 saturated carbocycles. The van der Waals surface area contributed by atoms with Crippen LogP contribution in [0.4, 0.5) is 0 Å². The lowest BCUT2D eigenvalue weighted by molar-refractivity contribution is -0.121. The Morgan fingerprint density at radius 1 is 1.32 bits per heavy atom. The summed E-state index contributed by atoms with van der Waals surface area (Å²) in [6, 6.07) is 8.00. The van der Waals surface area contributed by atoms with E-state index in [4.69, 9.17) is 4.74 Å². The molecule has 4 nitrogen and oxygen atoms in total. The fourth-order valence-corrected chi connectivity index (χ4v) is 2.78. The van der Waals surface area contributed by atoms with Crippen LogP contribution in [0.5, 0.6) is 5.75 Å². The molecule has 0 aliphatic heterocycles. The molecule has 5 heteroatoms. The van der Waals surface area contributed by atoms with E-state index in [1.54, 1.807) is 11.3 Å².